The van der Waals surface area contributed by atoms with Crippen LogP contribution in [0.2, 0.25) is 0 Å². The van der Waals surface area contributed by atoms with Gasteiger partial charge < -0.3 is 4.74 Å². The fraction of sp³-hybridized carbons (Fsp3) is 0.625. The summed E-state index contributed by atoms with van der Waals surface area (Å²) >= 11 is 0. The highest BCUT2D eigenvalue weighted by Crippen LogP contribution is 2.39. The summed E-state index contributed by atoms with van der Waals surface area (Å²) < 4.78 is 34.8. The van der Waals surface area contributed by atoms with Gasteiger partial charge in [0.05, 0.1) is 24.7 Å². The van der Waals surface area contributed by atoms with E-state index < -0.39 is 10.1 Å². The Morgan fingerprint density at radius 2 is 1.86 bits per heavy atom. The van der Waals surface area contributed by atoms with Gasteiger partial charge in [0.1, 0.15) is 0 Å². The lowest BCUT2D eigenvalue weighted by molar-refractivity contribution is 0.0348. The second kappa shape index (κ2) is 6.66. The molecule has 0 unspecified atom stereocenters. The molecule has 122 valence electrons. The maximum Gasteiger partial charge on any atom is 0.296 e. The molecule has 1 heterocycles. The van der Waals surface area contributed by atoms with Crippen molar-refractivity contribution in [1.82, 2.24) is 4.90 Å². The van der Waals surface area contributed by atoms with Crippen LogP contribution in [0.3, 0.4) is 0 Å². The summed E-state index contributed by atoms with van der Waals surface area (Å²) in [5.41, 5.74) is 1.03. The van der Waals surface area contributed by atoms with Gasteiger partial charge in [0.25, 0.3) is 10.1 Å². The number of hydrogen-bond acceptors (Lipinski definition) is 5. The average molecular weight is 325 g/mol. The van der Waals surface area contributed by atoms with E-state index in [1.807, 2.05) is 6.92 Å². The molecule has 0 amide bonds. The maximum atomic E-state index is 12.1. The Balaban J connectivity index is 1.46. The van der Waals surface area contributed by atoms with Gasteiger partial charge in [-0.1, -0.05) is 17.7 Å². The fourth-order valence-electron chi connectivity index (χ4n) is 2.80. The molecule has 0 radical (unpaired) electrons. The first-order valence-corrected chi connectivity index (χ1v) is 9.21. The van der Waals surface area contributed by atoms with Gasteiger partial charge in [0, 0.05) is 19.6 Å². The average Bonchev–Trinajstić information content (AvgIpc) is 3.25. The van der Waals surface area contributed by atoms with Gasteiger partial charge in [-0.3, -0.25) is 9.08 Å². The normalized spacial score (nSPS) is 26.0. The summed E-state index contributed by atoms with van der Waals surface area (Å²) in [4.78, 5) is 2.63. The largest absolute Gasteiger partial charge is 0.379 e. The van der Waals surface area contributed by atoms with Crippen LogP contribution in [0.25, 0.3) is 0 Å². The van der Waals surface area contributed by atoms with Crippen LogP contribution in [0.15, 0.2) is 29.2 Å². The van der Waals surface area contributed by atoms with Crippen molar-refractivity contribution in [2.24, 2.45) is 11.8 Å². The van der Waals surface area contributed by atoms with Crippen LogP contribution in [0, 0.1) is 18.8 Å². The van der Waals surface area contributed by atoms with Gasteiger partial charge in [0.15, 0.2) is 0 Å². The molecule has 1 saturated heterocycles. The SMILES string of the molecule is Cc1ccc(S(=O)(=O)OC[C@H]2C[C@@H]2CN2CCOCC2)cc1. The van der Waals surface area contributed by atoms with E-state index in [2.05, 4.69) is 4.90 Å². The predicted molar refractivity (Wildman–Crippen MR) is 83.2 cm³/mol. The van der Waals surface area contributed by atoms with Crippen molar-refractivity contribution >= 4 is 10.1 Å². The quantitative estimate of drug-likeness (QED) is 0.745. The van der Waals surface area contributed by atoms with E-state index in [1.165, 1.54) is 0 Å². The molecule has 1 aromatic carbocycles. The number of nitrogens with zero attached hydrogens (tertiary/aromatic N) is 1. The summed E-state index contributed by atoms with van der Waals surface area (Å²) in [5, 5.41) is 0. The van der Waals surface area contributed by atoms with Gasteiger partial charge in [0.2, 0.25) is 0 Å². The lowest BCUT2D eigenvalue weighted by Gasteiger charge is -2.26. The molecular formula is C16H23NO4S. The van der Waals surface area contributed by atoms with E-state index >= 15 is 0 Å². The van der Waals surface area contributed by atoms with Crippen molar-refractivity contribution in [3.63, 3.8) is 0 Å². The highest BCUT2D eigenvalue weighted by molar-refractivity contribution is 7.86. The molecule has 0 spiro atoms. The first kappa shape index (κ1) is 15.9. The van der Waals surface area contributed by atoms with Crippen molar-refractivity contribution < 1.29 is 17.3 Å². The lowest BCUT2D eigenvalue weighted by Crippen LogP contribution is -2.37. The zero-order valence-corrected chi connectivity index (χ0v) is 13.7. The van der Waals surface area contributed by atoms with E-state index in [9.17, 15) is 8.42 Å². The number of morpholine rings is 1. The lowest BCUT2D eigenvalue weighted by atomic mass is 10.2. The topological polar surface area (TPSA) is 55.8 Å². The van der Waals surface area contributed by atoms with Crippen LogP contribution >= 0.6 is 0 Å². The first-order chi connectivity index (χ1) is 10.5. The zero-order valence-electron chi connectivity index (χ0n) is 12.9. The molecule has 1 aromatic rings. The predicted octanol–water partition coefficient (Wildman–Crippen LogP) is 1.67. The van der Waals surface area contributed by atoms with E-state index in [4.69, 9.17) is 8.92 Å². The van der Waals surface area contributed by atoms with E-state index in [0.29, 0.717) is 18.4 Å². The molecular weight excluding hydrogens is 302 g/mol. The molecule has 2 fully saturated rings. The zero-order chi connectivity index (χ0) is 15.6. The van der Waals surface area contributed by atoms with Gasteiger partial charge in [-0.25, -0.2) is 0 Å². The van der Waals surface area contributed by atoms with Gasteiger partial charge >= 0.3 is 0 Å². The highest BCUT2D eigenvalue weighted by atomic mass is 32.2. The highest BCUT2D eigenvalue weighted by Gasteiger charge is 2.39. The van der Waals surface area contributed by atoms with Crippen LogP contribution in [0.1, 0.15) is 12.0 Å². The molecule has 2 aliphatic rings. The minimum atomic E-state index is -3.62. The van der Waals surface area contributed by atoms with Crippen LogP contribution in [0.5, 0.6) is 0 Å². The Labute approximate surface area is 132 Å². The van der Waals surface area contributed by atoms with Crippen LogP contribution < -0.4 is 0 Å². The molecule has 0 bridgehead atoms. The Bertz CT molecular complexity index is 593. The summed E-state index contributed by atoms with van der Waals surface area (Å²) in [6, 6.07) is 6.77. The number of ether oxygens (including phenoxy) is 1. The van der Waals surface area contributed by atoms with Crippen LogP contribution in [-0.4, -0.2) is 52.8 Å². The minimum absolute atomic E-state index is 0.239. The van der Waals surface area contributed by atoms with E-state index in [0.717, 1.165) is 44.8 Å². The van der Waals surface area contributed by atoms with Crippen molar-refractivity contribution in [2.75, 3.05) is 39.5 Å². The van der Waals surface area contributed by atoms with Crippen molar-refractivity contribution in [2.45, 2.75) is 18.2 Å². The monoisotopic (exact) mass is 325 g/mol. The summed E-state index contributed by atoms with van der Waals surface area (Å²) in [7, 11) is -3.62. The minimum Gasteiger partial charge on any atom is -0.379 e. The van der Waals surface area contributed by atoms with Gasteiger partial charge in [-0.2, -0.15) is 8.42 Å². The number of hydrogen-bond donors (Lipinski definition) is 0. The van der Waals surface area contributed by atoms with Gasteiger partial charge in [-0.05, 0) is 37.3 Å². The third kappa shape index (κ3) is 4.07. The van der Waals surface area contributed by atoms with Crippen molar-refractivity contribution in [3.05, 3.63) is 29.8 Å². The molecule has 22 heavy (non-hydrogen) atoms. The molecule has 3 rings (SSSR count). The summed E-state index contributed by atoms with van der Waals surface area (Å²) in [5.74, 6) is 0.925. The third-order valence-corrected chi connectivity index (χ3v) is 5.71. The third-order valence-electron chi connectivity index (χ3n) is 4.41. The molecule has 1 saturated carbocycles. The summed E-state index contributed by atoms with van der Waals surface area (Å²) in [6.07, 6.45) is 1.06. The van der Waals surface area contributed by atoms with E-state index in [-0.39, 0.29) is 4.90 Å². The number of rotatable bonds is 6. The second-order valence-electron chi connectivity index (χ2n) is 6.22. The Kier molecular flexibility index (Phi) is 4.82. The number of benzene rings is 1. The number of aryl methyl sites for hydroxylation is 1. The molecule has 0 aromatic heterocycles. The van der Waals surface area contributed by atoms with Crippen molar-refractivity contribution in [1.29, 1.82) is 0 Å². The molecule has 2 atom stereocenters. The molecule has 6 heteroatoms. The van der Waals surface area contributed by atoms with E-state index in [1.54, 1.807) is 24.3 Å². The summed E-state index contributed by atoms with van der Waals surface area (Å²) in [6.45, 7) is 6.81. The Morgan fingerprint density at radius 3 is 2.55 bits per heavy atom. The standard InChI is InChI=1S/C16H23NO4S/c1-13-2-4-16(5-3-13)22(18,19)21-12-15-10-14(15)11-17-6-8-20-9-7-17/h2-5,14-15H,6-12H2,1H3/t14-,15-/m1/s1. The Hall–Kier alpha value is -0.950. The Morgan fingerprint density at radius 1 is 1.18 bits per heavy atom. The smallest absolute Gasteiger partial charge is 0.296 e. The molecule has 1 aliphatic carbocycles. The molecule has 5 nitrogen and oxygen atoms in total. The van der Waals surface area contributed by atoms with Crippen LogP contribution in [0.4, 0.5) is 0 Å². The second-order valence-corrected chi connectivity index (χ2v) is 7.84. The first-order valence-electron chi connectivity index (χ1n) is 7.81. The fourth-order valence-corrected chi connectivity index (χ4v) is 3.76. The van der Waals surface area contributed by atoms with Crippen molar-refractivity contribution in [3.8, 4) is 0 Å². The van der Waals surface area contributed by atoms with Gasteiger partial charge in [-0.15, -0.1) is 0 Å². The maximum absolute atomic E-state index is 12.1. The molecule has 1 aliphatic heterocycles. The van der Waals surface area contributed by atoms with Crippen LogP contribution in [-0.2, 0) is 19.0 Å². The molecule has 0 N–H and O–H groups in total.